The van der Waals surface area contributed by atoms with Gasteiger partial charge in [-0.1, -0.05) is 11.6 Å². The highest BCUT2D eigenvalue weighted by atomic mass is 35.5. The number of carbonyl (C=O) groups is 1. The molecular formula is C11H10ClFN4O. The van der Waals surface area contributed by atoms with Crippen LogP contribution in [0.4, 0.5) is 15.8 Å². The summed E-state index contributed by atoms with van der Waals surface area (Å²) in [5.41, 5.74) is 6.23. The zero-order chi connectivity index (χ0) is 13.1. The van der Waals surface area contributed by atoms with Crippen LogP contribution < -0.4 is 11.1 Å². The third-order valence-electron chi connectivity index (χ3n) is 2.11. The van der Waals surface area contributed by atoms with Crippen molar-refractivity contribution in [2.45, 2.75) is 6.54 Å². The maximum atomic E-state index is 13.0. The number of halogens is 2. The van der Waals surface area contributed by atoms with Gasteiger partial charge in [0.05, 0.1) is 11.9 Å². The van der Waals surface area contributed by atoms with E-state index >= 15 is 0 Å². The lowest BCUT2D eigenvalue weighted by atomic mass is 10.3. The van der Waals surface area contributed by atoms with Gasteiger partial charge in [-0.05, 0) is 18.2 Å². The minimum absolute atomic E-state index is 0.00860. The van der Waals surface area contributed by atoms with Crippen LogP contribution in [-0.2, 0) is 11.3 Å². The number of benzene rings is 1. The summed E-state index contributed by atoms with van der Waals surface area (Å²) in [6.07, 6.45) is 2.96. The number of nitrogens with one attached hydrogen (secondary N) is 1. The zero-order valence-corrected chi connectivity index (χ0v) is 9.99. The SMILES string of the molecule is Nc1cnn(CC(=O)Nc2cc(F)cc(Cl)c2)c1. The Morgan fingerprint density at radius 2 is 2.28 bits per heavy atom. The van der Waals surface area contributed by atoms with E-state index in [4.69, 9.17) is 17.3 Å². The van der Waals surface area contributed by atoms with E-state index in [1.165, 1.54) is 29.2 Å². The van der Waals surface area contributed by atoms with Gasteiger partial charge in [0.1, 0.15) is 12.4 Å². The molecule has 1 aromatic carbocycles. The van der Waals surface area contributed by atoms with Crippen LogP contribution in [0.3, 0.4) is 0 Å². The first-order valence-electron chi connectivity index (χ1n) is 5.07. The lowest BCUT2D eigenvalue weighted by Crippen LogP contribution is -2.19. The van der Waals surface area contributed by atoms with Gasteiger partial charge in [-0.25, -0.2) is 4.39 Å². The number of nitrogens with zero attached hydrogens (tertiary/aromatic N) is 2. The van der Waals surface area contributed by atoms with Crippen LogP contribution in [-0.4, -0.2) is 15.7 Å². The minimum Gasteiger partial charge on any atom is -0.396 e. The van der Waals surface area contributed by atoms with Crippen molar-refractivity contribution in [3.05, 3.63) is 41.4 Å². The Morgan fingerprint density at radius 1 is 1.50 bits per heavy atom. The van der Waals surface area contributed by atoms with Gasteiger partial charge in [-0.15, -0.1) is 0 Å². The third kappa shape index (κ3) is 3.21. The molecular weight excluding hydrogens is 259 g/mol. The number of aromatic nitrogens is 2. The van der Waals surface area contributed by atoms with Gasteiger partial charge < -0.3 is 11.1 Å². The van der Waals surface area contributed by atoms with Gasteiger partial charge in [0, 0.05) is 16.9 Å². The van der Waals surface area contributed by atoms with Gasteiger partial charge in [-0.2, -0.15) is 5.10 Å². The number of rotatable bonds is 3. The summed E-state index contributed by atoms with van der Waals surface area (Å²) in [7, 11) is 0. The lowest BCUT2D eigenvalue weighted by molar-refractivity contribution is -0.116. The van der Waals surface area contributed by atoms with Crippen LogP contribution in [0.1, 0.15) is 0 Å². The monoisotopic (exact) mass is 268 g/mol. The lowest BCUT2D eigenvalue weighted by Gasteiger charge is -2.06. The number of amides is 1. The Hall–Kier alpha value is -2.08. The van der Waals surface area contributed by atoms with Gasteiger partial charge >= 0.3 is 0 Å². The van der Waals surface area contributed by atoms with Crippen LogP contribution in [0.2, 0.25) is 5.02 Å². The van der Waals surface area contributed by atoms with Gasteiger partial charge in [-0.3, -0.25) is 9.48 Å². The molecule has 0 aliphatic rings. The van der Waals surface area contributed by atoms with Gasteiger partial charge in [0.15, 0.2) is 0 Å². The predicted molar refractivity (Wildman–Crippen MR) is 66.7 cm³/mol. The van der Waals surface area contributed by atoms with Crippen molar-refractivity contribution in [1.29, 1.82) is 0 Å². The molecule has 0 saturated carbocycles. The summed E-state index contributed by atoms with van der Waals surface area (Å²) in [6.45, 7) is -0.00860. The fraction of sp³-hybridized carbons (Fsp3) is 0.0909. The largest absolute Gasteiger partial charge is 0.396 e. The highest BCUT2D eigenvalue weighted by molar-refractivity contribution is 6.30. The van der Waals surface area contributed by atoms with Crippen molar-refractivity contribution in [2.24, 2.45) is 0 Å². The average molecular weight is 269 g/mol. The van der Waals surface area contributed by atoms with E-state index in [-0.39, 0.29) is 17.5 Å². The standard InChI is InChI=1S/C11H10ClFN4O/c12-7-1-8(13)3-10(2-7)16-11(18)6-17-5-9(14)4-15-17/h1-5H,6,14H2,(H,16,18). The Morgan fingerprint density at radius 3 is 2.89 bits per heavy atom. The van der Waals surface area contributed by atoms with Crippen LogP contribution in [0.25, 0.3) is 0 Å². The molecule has 2 rings (SSSR count). The van der Waals surface area contributed by atoms with Crippen molar-refractivity contribution < 1.29 is 9.18 Å². The molecule has 5 nitrogen and oxygen atoms in total. The molecule has 0 radical (unpaired) electrons. The quantitative estimate of drug-likeness (QED) is 0.893. The van der Waals surface area contributed by atoms with Crippen molar-refractivity contribution in [2.75, 3.05) is 11.1 Å². The Kier molecular flexibility index (Phi) is 3.47. The van der Waals surface area contributed by atoms with Crippen molar-refractivity contribution in [3.8, 4) is 0 Å². The number of nitrogen functional groups attached to an aromatic ring is 1. The number of hydrogen-bond acceptors (Lipinski definition) is 3. The Balaban J connectivity index is 2.02. The first-order valence-corrected chi connectivity index (χ1v) is 5.44. The average Bonchev–Trinajstić information content (AvgIpc) is 2.61. The molecule has 0 atom stereocenters. The molecule has 2 aromatic rings. The number of nitrogens with two attached hydrogens (primary N) is 1. The van der Waals surface area contributed by atoms with E-state index in [1.807, 2.05) is 0 Å². The smallest absolute Gasteiger partial charge is 0.246 e. The molecule has 0 saturated heterocycles. The van der Waals surface area contributed by atoms with Gasteiger partial charge in [0.25, 0.3) is 0 Å². The maximum absolute atomic E-state index is 13.0. The summed E-state index contributed by atoms with van der Waals surface area (Å²) in [6, 6.07) is 3.80. The molecule has 1 amide bonds. The molecule has 1 heterocycles. The molecule has 0 fully saturated rings. The van der Waals surface area contributed by atoms with E-state index in [2.05, 4.69) is 10.4 Å². The molecule has 0 bridgehead atoms. The fourth-order valence-corrected chi connectivity index (χ4v) is 1.66. The third-order valence-corrected chi connectivity index (χ3v) is 2.32. The summed E-state index contributed by atoms with van der Waals surface area (Å²) in [4.78, 5) is 11.6. The van der Waals surface area contributed by atoms with Crippen LogP contribution >= 0.6 is 11.6 Å². The molecule has 0 unspecified atom stereocenters. The molecule has 7 heteroatoms. The molecule has 94 valence electrons. The Bertz CT molecular complexity index is 564. The summed E-state index contributed by atoms with van der Waals surface area (Å²) < 4.78 is 14.4. The zero-order valence-electron chi connectivity index (χ0n) is 9.23. The van der Waals surface area contributed by atoms with E-state index in [0.717, 1.165) is 6.07 Å². The summed E-state index contributed by atoms with van der Waals surface area (Å²) >= 11 is 5.67. The first-order chi connectivity index (χ1) is 8.52. The normalized spacial score (nSPS) is 10.3. The highest BCUT2D eigenvalue weighted by Crippen LogP contribution is 2.18. The van der Waals surface area contributed by atoms with Crippen molar-refractivity contribution in [3.63, 3.8) is 0 Å². The summed E-state index contributed by atoms with van der Waals surface area (Å²) in [5, 5.41) is 6.60. The fourth-order valence-electron chi connectivity index (χ4n) is 1.44. The maximum Gasteiger partial charge on any atom is 0.246 e. The number of hydrogen-bond donors (Lipinski definition) is 2. The minimum atomic E-state index is -0.513. The Labute approximate surface area is 107 Å². The molecule has 1 aromatic heterocycles. The molecule has 0 aliphatic carbocycles. The number of anilines is 2. The molecule has 0 spiro atoms. The van der Waals surface area contributed by atoms with E-state index < -0.39 is 5.82 Å². The van der Waals surface area contributed by atoms with Crippen molar-refractivity contribution >= 4 is 28.9 Å². The molecule has 3 N–H and O–H groups in total. The molecule has 0 aliphatic heterocycles. The van der Waals surface area contributed by atoms with E-state index in [0.29, 0.717) is 11.4 Å². The van der Waals surface area contributed by atoms with Crippen LogP contribution in [0, 0.1) is 5.82 Å². The van der Waals surface area contributed by atoms with E-state index in [9.17, 15) is 9.18 Å². The summed E-state index contributed by atoms with van der Waals surface area (Å²) in [5.74, 6) is -0.860. The topological polar surface area (TPSA) is 72.9 Å². The second kappa shape index (κ2) is 5.05. The van der Waals surface area contributed by atoms with Crippen molar-refractivity contribution in [1.82, 2.24) is 9.78 Å². The number of carbonyl (C=O) groups excluding carboxylic acids is 1. The second-order valence-electron chi connectivity index (χ2n) is 3.68. The highest BCUT2D eigenvalue weighted by Gasteiger charge is 2.06. The van der Waals surface area contributed by atoms with E-state index in [1.54, 1.807) is 0 Å². The van der Waals surface area contributed by atoms with Crippen LogP contribution in [0.15, 0.2) is 30.6 Å². The first kappa shape index (κ1) is 12.4. The van der Waals surface area contributed by atoms with Gasteiger partial charge in [0.2, 0.25) is 5.91 Å². The predicted octanol–water partition coefficient (Wildman–Crippen LogP) is 1.90. The molecule has 18 heavy (non-hydrogen) atoms. The van der Waals surface area contributed by atoms with Crippen LogP contribution in [0.5, 0.6) is 0 Å². The second-order valence-corrected chi connectivity index (χ2v) is 4.11.